The molecule has 1 aromatic heterocycles. The lowest BCUT2D eigenvalue weighted by Crippen LogP contribution is -1.99. The van der Waals surface area contributed by atoms with E-state index in [0.717, 1.165) is 41.1 Å². The van der Waals surface area contributed by atoms with Crippen molar-refractivity contribution in [2.24, 2.45) is 4.99 Å². The van der Waals surface area contributed by atoms with Crippen molar-refractivity contribution in [2.45, 2.75) is 39.0 Å². The first-order valence-corrected chi connectivity index (χ1v) is 8.32. The van der Waals surface area contributed by atoms with Crippen LogP contribution in [0, 0.1) is 11.3 Å². The van der Waals surface area contributed by atoms with Crippen molar-refractivity contribution < 1.29 is 0 Å². The lowest BCUT2D eigenvalue weighted by Gasteiger charge is -2.09. The second kappa shape index (κ2) is 6.24. The first-order valence-electron chi connectivity index (χ1n) is 7.51. The molecule has 0 radical (unpaired) electrons. The van der Waals surface area contributed by atoms with Crippen molar-refractivity contribution in [3.8, 4) is 6.07 Å². The van der Waals surface area contributed by atoms with Crippen LogP contribution >= 0.6 is 11.3 Å². The van der Waals surface area contributed by atoms with E-state index in [0.29, 0.717) is 0 Å². The van der Waals surface area contributed by atoms with Gasteiger partial charge in [-0.1, -0.05) is 37.3 Å². The van der Waals surface area contributed by atoms with Crippen LogP contribution in [0.1, 0.15) is 47.8 Å². The van der Waals surface area contributed by atoms with E-state index in [2.05, 4.69) is 25.1 Å². The number of rotatable bonds is 3. The predicted octanol–water partition coefficient (Wildman–Crippen LogP) is 5.03. The van der Waals surface area contributed by atoms with Crippen LogP contribution in [0.3, 0.4) is 0 Å². The highest BCUT2D eigenvalue weighted by Crippen LogP contribution is 2.39. The average Bonchev–Trinajstić information content (AvgIpc) is 2.90. The summed E-state index contributed by atoms with van der Waals surface area (Å²) in [4.78, 5) is 6.21. The Morgan fingerprint density at radius 1 is 1.24 bits per heavy atom. The SMILES string of the molecule is CC/C(=N\c1sc2c(c1C#N)CCCC2)c1ccccc1. The second-order valence-electron chi connectivity index (χ2n) is 5.28. The summed E-state index contributed by atoms with van der Waals surface area (Å²) < 4.78 is 0. The fourth-order valence-electron chi connectivity index (χ4n) is 2.85. The Balaban J connectivity index is 2.06. The Hall–Kier alpha value is -1.92. The van der Waals surface area contributed by atoms with Crippen LogP contribution in [0.2, 0.25) is 0 Å². The van der Waals surface area contributed by atoms with Gasteiger partial charge in [0, 0.05) is 10.6 Å². The summed E-state index contributed by atoms with van der Waals surface area (Å²) in [5.41, 5.74) is 4.29. The molecule has 3 heteroatoms. The Morgan fingerprint density at radius 3 is 2.71 bits per heavy atom. The normalized spacial score (nSPS) is 14.6. The summed E-state index contributed by atoms with van der Waals surface area (Å²) in [7, 11) is 0. The Bertz CT molecular complexity index is 705. The minimum absolute atomic E-state index is 0.816. The molecule has 0 fully saturated rings. The van der Waals surface area contributed by atoms with Gasteiger partial charge in [0.25, 0.3) is 0 Å². The van der Waals surface area contributed by atoms with E-state index in [1.165, 1.54) is 23.3 Å². The zero-order chi connectivity index (χ0) is 14.7. The summed E-state index contributed by atoms with van der Waals surface area (Å²) in [6.45, 7) is 2.12. The monoisotopic (exact) mass is 294 g/mol. The number of aliphatic imine (C=N–C) groups is 1. The lowest BCUT2D eigenvalue weighted by atomic mass is 9.96. The Labute approximate surface area is 129 Å². The first kappa shape index (κ1) is 14.0. The van der Waals surface area contributed by atoms with Crippen LogP contribution in [0.5, 0.6) is 0 Å². The molecule has 0 aliphatic heterocycles. The summed E-state index contributed by atoms with van der Waals surface area (Å²) in [6, 6.07) is 12.6. The van der Waals surface area contributed by atoms with Crippen LogP contribution in [-0.4, -0.2) is 5.71 Å². The standard InChI is InChI=1S/C18H18N2S/c1-2-16(13-8-4-3-5-9-13)20-18-15(12-19)14-10-6-7-11-17(14)21-18/h3-5,8-9H,2,6-7,10-11H2,1H3/b20-16+. The maximum Gasteiger partial charge on any atom is 0.134 e. The fourth-order valence-corrected chi connectivity index (χ4v) is 4.08. The van der Waals surface area contributed by atoms with E-state index in [1.54, 1.807) is 11.3 Å². The van der Waals surface area contributed by atoms with Crippen molar-refractivity contribution in [3.63, 3.8) is 0 Å². The molecule has 0 bridgehead atoms. The molecule has 0 atom stereocenters. The van der Waals surface area contributed by atoms with Crippen molar-refractivity contribution in [1.82, 2.24) is 0 Å². The van der Waals surface area contributed by atoms with Crippen LogP contribution in [0.15, 0.2) is 35.3 Å². The number of hydrogen-bond donors (Lipinski definition) is 0. The zero-order valence-corrected chi connectivity index (χ0v) is 13.0. The minimum Gasteiger partial charge on any atom is -0.241 e. The van der Waals surface area contributed by atoms with Gasteiger partial charge < -0.3 is 0 Å². The smallest absolute Gasteiger partial charge is 0.134 e. The van der Waals surface area contributed by atoms with Gasteiger partial charge in [-0.2, -0.15) is 5.26 Å². The number of nitriles is 1. The maximum absolute atomic E-state index is 9.51. The molecule has 0 amide bonds. The van der Waals surface area contributed by atoms with E-state index in [4.69, 9.17) is 4.99 Å². The summed E-state index contributed by atoms with van der Waals surface area (Å²) >= 11 is 1.71. The molecular formula is C18H18N2S. The molecule has 1 heterocycles. The van der Waals surface area contributed by atoms with Crippen molar-refractivity contribution in [3.05, 3.63) is 51.9 Å². The van der Waals surface area contributed by atoms with E-state index in [-0.39, 0.29) is 0 Å². The molecule has 0 saturated carbocycles. The van der Waals surface area contributed by atoms with Gasteiger partial charge in [0.05, 0.1) is 5.56 Å². The molecule has 0 unspecified atom stereocenters. The minimum atomic E-state index is 0.816. The molecule has 1 aromatic carbocycles. The van der Waals surface area contributed by atoms with Crippen LogP contribution in [0.25, 0.3) is 0 Å². The van der Waals surface area contributed by atoms with Gasteiger partial charge in [0.1, 0.15) is 11.1 Å². The molecule has 2 aromatic rings. The van der Waals surface area contributed by atoms with Crippen LogP contribution < -0.4 is 0 Å². The number of nitrogens with zero attached hydrogens (tertiary/aromatic N) is 2. The molecule has 0 saturated heterocycles. The first-order chi connectivity index (χ1) is 10.3. The number of fused-ring (bicyclic) bond motifs is 1. The molecule has 0 spiro atoms. The zero-order valence-electron chi connectivity index (χ0n) is 12.2. The highest BCUT2D eigenvalue weighted by molar-refractivity contribution is 7.16. The molecule has 1 aliphatic carbocycles. The third kappa shape index (κ3) is 2.77. The van der Waals surface area contributed by atoms with Gasteiger partial charge in [-0.05, 0) is 43.2 Å². The molecule has 0 N–H and O–H groups in total. The average molecular weight is 294 g/mol. The van der Waals surface area contributed by atoms with Crippen molar-refractivity contribution >= 4 is 22.0 Å². The highest BCUT2D eigenvalue weighted by atomic mass is 32.1. The molecule has 3 rings (SSSR count). The molecule has 21 heavy (non-hydrogen) atoms. The van der Waals surface area contributed by atoms with Gasteiger partial charge in [0.2, 0.25) is 0 Å². The van der Waals surface area contributed by atoms with Gasteiger partial charge in [-0.25, -0.2) is 4.99 Å². The highest BCUT2D eigenvalue weighted by Gasteiger charge is 2.20. The van der Waals surface area contributed by atoms with Crippen LogP contribution in [-0.2, 0) is 12.8 Å². The Morgan fingerprint density at radius 2 is 2.00 bits per heavy atom. The third-order valence-corrected chi connectivity index (χ3v) is 5.13. The van der Waals surface area contributed by atoms with Gasteiger partial charge in [-0.3, -0.25) is 0 Å². The number of thiophene rings is 1. The summed E-state index contributed by atoms with van der Waals surface area (Å²) in [5, 5.41) is 10.4. The topological polar surface area (TPSA) is 36.1 Å². The summed E-state index contributed by atoms with van der Waals surface area (Å²) in [6.07, 6.45) is 5.45. The number of aryl methyl sites for hydroxylation is 1. The van der Waals surface area contributed by atoms with Gasteiger partial charge in [-0.15, -0.1) is 11.3 Å². The summed E-state index contributed by atoms with van der Waals surface area (Å²) in [5.74, 6) is 0. The third-order valence-electron chi connectivity index (χ3n) is 3.94. The largest absolute Gasteiger partial charge is 0.241 e. The predicted molar refractivity (Wildman–Crippen MR) is 88.6 cm³/mol. The lowest BCUT2D eigenvalue weighted by molar-refractivity contribution is 0.696. The van der Waals surface area contributed by atoms with Gasteiger partial charge in [0.15, 0.2) is 0 Å². The van der Waals surface area contributed by atoms with Crippen molar-refractivity contribution in [1.29, 1.82) is 5.26 Å². The molecular weight excluding hydrogens is 276 g/mol. The van der Waals surface area contributed by atoms with Crippen molar-refractivity contribution in [2.75, 3.05) is 0 Å². The van der Waals surface area contributed by atoms with E-state index >= 15 is 0 Å². The molecule has 2 nitrogen and oxygen atoms in total. The van der Waals surface area contributed by atoms with E-state index < -0.39 is 0 Å². The van der Waals surface area contributed by atoms with Crippen LogP contribution in [0.4, 0.5) is 5.00 Å². The number of hydrogen-bond acceptors (Lipinski definition) is 3. The molecule has 1 aliphatic rings. The number of benzene rings is 1. The maximum atomic E-state index is 9.51. The van der Waals surface area contributed by atoms with E-state index in [9.17, 15) is 5.26 Å². The second-order valence-corrected chi connectivity index (χ2v) is 6.36. The van der Waals surface area contributed by atoms with Gasteiger partial charge >= 0.3 is 0 Å². The fraction of sp³-hybridized carbons (Fsp3) is 0.333. The molecule has 106 valence electrons. The quantitative estimate of drug-likeness (QED) is 0.731. The van der Waals surface area contributed by atoms with E-state index in [1.807, 2.05) is 18.2 Å². The Kier molecular flexibility index (Phi) is 4.17.